The predicted octanol–water partition coefficient (Wildman–Crippen LogP) is 4.71. The molecular weight excluding hydrogens is 390 g/mol. The number of hydrogen-bond acceptors (Lipinski definition) is 5. The first-order valence-corrected chi connectivity index (χ1v) is 9.76. The third kappa shape index (κ3) is 3.55. The number of fused-ring (bicyclic) bond motifs is 1. The van der Waals surface area contributed by atoms with Gasteiger partial charge in [0.2, 0.25) is 11.8 Å². The second kappa shape index (κ2) is 7.50. The normalized spacial score (nSPS) is 14.7. The van der Waals surface area contributed by atoms with Gasteiger partial charge < -0.3 is 4.74 Å². The molecule has 0 aliphatic carbocycles. The molecule has 0 atom stereocenters. The molecule has 0 saturated heterocycles. The van der Waals surface area contributed by atoms with E-state index in [0.717, 1.165) is 21.9 Å². The number of ether oxygens (including phenoxy) is 1. The molecule has 0 N–H and O–H groups in total. The molecule has 150 valence electrons. The average Bonchev–Trinajstić information content (AvgIpc) is 3.38. The van der Waals surface area contributed by atoms with Crippen molar-refractivity contribution in [3.05, 3.63) is 95.8 Å². The lowest BCUT2D eigenvalue weighted by Crippen LogP contribution is -2.05. The summed E-state index contributed by atoms with van der Waals surface area (Å²) in [5, 5.41) is 6.51. The van der Waals surface area contributed by atoms with Crippen LogP contribution in [0.15, 0.2) is 89.7 Å². The van der Waals surface area contributed by atoms with Gasteiger partial charge in [-0.2, -0.15) is 5.10 Å². The summed E-state index contributed by atoms with van der Waals surface area (Å²) < 4.78 is 6.68. The standard InChI is InChI=1S/C25H17N3O3/c1-16(29)28-15-21(23(27-28)18-8-3-2-4-9-18)14-22-25(30)31-24(26-22)20-12-11-17-7-5-6-10-19(17)13-20/h2-15H,1H3/b22-14-. The fraction of sp³-hybridized carbons (Fsp3) is 0.0400. The molecule has 0 radical (unpaired) electrons. The maximum Gasteiger partial charge on any atom is 0.363 e. The van der Waals surface area contributed by atoms with E-state index in [2.05, 4.69) is 10.1 Å². The van der Waals surface area contributed by atoms with Crippen LogP contribution in [0.5, 0.6) is 0 Å². The molecule has 1 aliphatic rings. The third-order valence-corrected chi connectivity index (χ3v) is 5.02. The summed E-state index contributed by atoms with van der Waals surface area (Å²) >= 11 is 0. The highest BCUT2D eigenvalue weighted by atomic mass is 16.6. The Kier molecular flexibility index (Phi) is 4.52. The van der Waals surface area contributed by atoms with Gasteiger partial charge in [0, 0.05) is 29.8 Å². The zero-order valence-corrected chi connectivity index (χ0v) is 16.6. The Balaban J connectivity index is 1.57. The SMILES string of the molecule is CC(=O)n1cc(/C=C2\N=C(c3ccc4ccccc4c3)OC2=O)c(-c2ccccc2)n1. The Bertz CT molecular complexity index is 1400. The van der Waals surface area contributed by atoms with Gasteiger partial charge in [0.25, 0.3) is 0 Å². The molecule has 6 nitrogen and oxygen atoms in total. The largest absolute Gasteiger partial charge is 0.402 e. The Morgan fingerprint density at radius 1 is 0.935 bits per heavy atom. The van der Waals surface area contributed by atoms with Crippen molar-refractivity contribution >= 4 is 34.6 Å². The van der Waals surface area contributed by atoms with Crippen molar-refractivity contribution in [1.82, 2.24) is 9.78 Å². The van der Waals surface area contributed by atoms with Crippen LogP contribution < -0.4 is 0 Å². The van der Waals surface area contributed by atoms with E-state index in [1.807, 2.05) is 72.8 Å². The number of carbonyl (C=O) groups is 2. The average molecular weight is 407 g/mol. The lowest BCUT2D eigenvalue weighted by atomic mass is 10.1. The van der Waals surface area contributed by atoms with Crippen LogP contribution in [-0.2, 0) is 9.53 Å². The van der Waals surface area contributed by atoms with Crippen LogP contribution in [-0.4, -0.2) is 27.6 Å². The molecule has 1 aliphatic heterocycles. The van der Waals surface area contributed by atoms with Gasteiger partial charge in [-0.1, -0.05) is 60.7 Å². The molecule has 1 aromatic heterocycles. The number of cyclic esters (lactones) is 1. The van der Waals surface area contributed by atoms with E-state index >= 15 is 0 Å². The van der Waals surface area contributed by atoms with Gasteiger partial charge in [-0.25, -0.2) is 14.5 Å². The molecule has 31 heavy (non-hydrogen) atoms. The van der Waals surface area contributed by atoms with Gasteiger partial charge in [0.15, 0.2) is 5.70 Å². The minimum Gasteiger partial charge on any atom is -0.402 e. The molecule has 0 fully saturated rings. The monoisotopic (exact) mass is 407 g/mol. The maximum absolute atomic E-state index is 12.5. The zero-order valence-electron chi connectivity index (χ0n) is 16.6. The maximum atomic E-state index is 12.5. The number of esters is 1. The summed E-state index contributed by atoms with van der Waals surface area (Å²) in [7, 11) is 0. The number of aromatic nitrogens is 2. The Morgan fingerprint density at radius 2 is 1.68 bits per heavy atom. The van der Waals surface area contributed by atoms with Crippen molar-refractivity contribution in [2.24, 2.45) is 4.99 Å². The van der Waals surface area contributed by atoms with E-state index in [1.165, 1.54) is 11.6 Å². The second-order valence-corrected chi connectivity index (χ2v) is 7.16. The van der Waals surface area contributed by atoms with Crippen LogP contribution >= 0.6 is 0 Å². The number of nitrogens with zero attached hydrogens (tertiary/aromatic N) is 3. The first-order valence-electron chi connectivity index (χ1n) is 9.76. The molecule has 0 saturated carbocycles. The minimum absolute atomic E-state index is 0.156. The van der Waals surface area contributed by atoms with Gasteiger partial charge in [0.05, 0.1) is 0 Å². The zero-order chi connectivity index (χ0) is 21.4. The smallest absolute Gasteiger partial charge is 0.363 e. The van der Waals surface area contributed by atoms with Gasteiger partial charge in [-0.05, 0) is 29.0 Å². The van der Waals surface area contributed by atoms with Gasteiger partial charge >= 0.3 is 5.97 Å². The van der Waals surface area contributed by atoms with Gasteiger partial charge in [-0.15, -0.1) is 0 Å². The first kappa shape index (κ1) is 18.7. The molecule has 0 spiro atoms. The molecule has 0 bridgehead atoms. The summed E-state index contributed by atoms with van der Waals surface area (Å²) in [5.41, 5.74) is 2.91. The van der Waals surface area contributed by atoms with E-state index in [0.29, 0.717) is 11.3 Å². The summed E-state index contributed by atoms with van der Waals surface area (Å²) in [5.74, 6) is -0.517. The van der Waals surface area contributed by atoms with Crippen molar-refractivity contribution in [1.29, 1.82) is 0 Å². The van der Waals surface area contributed by atoms with Crippen LogP contribution in [0.4, 0.5) is 0 Å². The second-order valence-electron chi connectivity index (χ2n) is 7.16. The van der Waals surface area contributed by atoms with Crippen LogP contribution in [0.1, 0.15) is 22.8 Å². The molecule has 5 rings (SSSR count). The van der Waals surface area contributed by atoms with Crippen molar-refractivity contribution in [2.45, 2.75) is 6.92 Å². The molecule has 6 heteroatoms. The van der Waals surface area contributed by atoms with E-state index < -0.39 is 5.97 Å². The van der Waals surface area contributed by atoms with Crippen LogP contribution in [0.25, 0.3) is 28.1 Å². The fourth-order valence-corrected chi connectivity index (χ4v) is 3.48. The number of aliphatic imine (C=N–C) groups is 1. The van der Waals surface area contributed by atoms with E-state index in [4.69, 9.17) is 4.74 Å². The summed E-state index contributed by atoms with van der Waals surface area (Å²) in [6, 6.07) is 23.2. The summed E-state index contributed by atoms with van der Waals surface area (Å²) in [4.78, 5) is 28.8. The lowest BCUT2D eigenvalue weighted by Gasteiger charge is -2.02. The van der Waals surface area contributed by atoms with Crippen molar-refractivity contribution in [3.63, 3.8) is 0 Å². The molecular formula is C25H17N3O3. The van der Waals surface area contributed by atoms with E-state index in [9.17, 15) is 9.59 Å². The molecule has 3 aromatic carbocycles. The van der Waals surface area contributed by atoms with E-state index in [-0.39, 0.29) is 17.5 Å². The summed E-state index contributed by atoms with van der Waals surface area (Å²) in [6.45, 7) is 1.43. The van der Waals surface area contributed by atoms with Crippen molar-refractivity contribution in [3.8, 4) is 11.3 Å². The first-order chi connectivity index (χ1) is 15.1. The van der Waals surface area contributed by atoms with Gasteiger partial charge in [-0.3, -0.25) is 4.79 Å². The van der Waals surface area contributed by atoms with E-state index in [1.54, 1.807) is 12.3 Å². The highest BCUT2D eigenvalue weighted by Crippen LogP contribution is 2.27. The molecule has 0 unspecified atom stereocenters. The number of benzene rings is 3. The number of rotatable bonds is 3. The molecule has 4 aromatic rings. The third-order valence-electron chi connectivity index (χ3n) is 5.02. The predicted molar refractivity (Wildman–Crippen MR) is 119 cm³/mol. The van der Waals surface area contributed by atoms with Crippen molar-refractivity contribution < 1.29 is 14.3 Å². The Morgan fingerprint density at radius 3 is 2.45 bits per heavy atom. The topological polar surface area (TPSA) is 73.6 Å². The van der Waals surface area contributed by atoms with Crippen molar-refractivity contribution in [2.75, 3.05) is 0 Å². The Labute approximate surface area is 178 Å². The lowest BCUT2D eigenvalue weighted by molar-refractivity contribution is -0.129. The fourth-order valence-electron chi connectivity index (χ4n) is 3.48. The Hall–Kier alpha value is -4.32. The molecule has 2 heterocycles. The number of carbonyl (C=O) groups excluding carboxylic acids is 2. The van der Waals surface area contributed by atoms with Gasteiger partial charge in [0.1, 0.15) is 5.69 Å². The minimum atomic E-state index is -0.544. The molecule has 0 amide bonds. The highest BCUT2D eigenvalue weighted by molar-refractivity contribution is 6.14. The van der Waals surface area contributed by atoms with Crippen LogP contribution in [0, 0.1) is 0 Å². The number of hydrogen-bond donors (Lipinski definition) is 0. The summed E-state index contributed by atoms with van der Waals surface area (Å²) in [6.07, 6.45) is 3.19. The van der Waals surface area contributed by atoms with Crippen LogP contribution in [0.3, 0.4) is 0 Å². The highest BCUT2D eigenvalue weighted by Gasteiger charge is 2.25. The quantitative estimate of drug-likeness (QED) is 0.364. The van der Waals surface area contributed by atoms with Crippen LogP contribution in [0.2, 0.25) is 0 Å².